The van der Waals surface area contributed by atoms with E-state index in [0.29, 0.717) is 46.3 Å². The summed E-state index contributed by atoms with van der Waals surface area (Å²) in [6.45, 7) is 1.71. The summed E-state index contributed by atoms with van der Waals surface area (Å²) in [4.78, 5) is 8.85. The monoisotopic (exact) mass is 438 g/mol. The van der Waals surface area contributed by atoms with Crippen molar-refractivity contribution in [2.75, 3.05) is 25.6 Å². The van der Waals surface area contributed by atoms with Gasteiger partial charge in [-0.15, -0.1) is 0 Å². The molecule has 0 amide bonds. The number of nitrogens with one attached hydrogen (secondary N) is 2. The minimum absolute atomic E-state index is 0.527. The second-order valence-electron chi connectivity index (χ2n) is 7.56. The molecule has 1 saturated heterocycles. The van der Waals surface area contributed by atoms with Crippen LogP contribution in [0.15, 0.2) is 47.3 Å². The molecule has 1 aliphatic rings. The van der Waals surface area contributed by atoms with Crippen molar-refractivity contribution in [1.29, 1.82) is 0 Å². The van der Waals surface area contributed by atoms with Gasteiger partial charge in [0.05, 0.1) is 30.5 Å². The highest BCUT2D eigenvalue weighted by Gasteiger charge is 2.17. The maximum absolute atomic E-state index is 6.44. The Balaban J connectivity index is 1.45. The number of ether oxygens (including phenoxy) is 2. The van der Waals surface area contributed by atoms with Crippen molar-refractivity contribution >= 4 is 45.0 Å². The third kappa shape index (κ3) is 3.98. The first-order valence-electron chi connectivity index (χ1n) is 10.3. The highest BCUT2D eigenvalue weighted by atomic mass is 35.5. The molecule has 2 N–H and O–H groups in total. The normalized spacial score (nSPS) is 16.1. The fraction of sp³-hybridized carbons (Fsp3) is 0.304. The molecule has 0 bridgehead atoms. The molecule has 2 aromatic carbocycles. The van der Waals surface area contributed by atoms with Crippen LogP contribution in [-0.2, 0) is 0 Å². The Kier molecular flexibility index (Phi) is 5.53. The van der Waals surface area contributed by atoms with E-state index in [9.17, 15) is 0 Å². The molecular weight excluding hydrogens is 416 g/mol. The van der Waals surface area contributed by atoms with Crippen LogP contribution in [0.2, 0.25) is 5.02 Å². The van der Waals surface area contributed by atoms with E-state index in [1.807, 2.05) is 30.3 Å². The molecule has 1 fully saturated rings. The number of aromatic nitrogens is 2. The van der Waals surface area contributed by atoms with Crippen molar-refractivity contribution in [1.82, 2.24) is 15.3 Å². The van der Waals surface area contributed by atoms with Crippen LogP contribution in [0.25, 0.3) is 21.9 Å². The summed E-state index contributed by atoms with van der Waals surface area (Å²) in [5.74, 6) is 1.91. The highest BCUT2D eigenvalue weighted by molar-refractivity contribution is 6.35. The van der Waals surface area contributed by atoms with Gasteiger partial charge in [0.1, 0.15) is 17.8 Å². The lowest BCUT2D eigenvalue weighted by Gasteiger charge is -2.15. The number of nitrogens with zero attached hydrogens (tertiary/aromatic N) is 2. The Bertz CT molecular complexity index is 1220. The molecule has 0 aliphatic carbocycles. The van der Waals surface area contributed by atoms with E-state index in [1.54, 1.807) is 13.4 Å². The molecule has 2 aromatic heterocycles. The first-order chi connectivity index (χ1) is 15.2. The number of hydrogen-bond donors (Lipinski definition) is 2. The molecule has 4 aromatic rings. The molecule has 0 spiro atoms. The van der Waals surface area contributed by atoms with Crippen LogP contribution in [0.3, 0.4) is 0 Å². The topological polar surface area (TPSA) is 81.4 Å². The van der Waals surface area contributed by atoms with Crippen molar-refractivity contribution in [2.45, 2.75) is 25.3 Å². The zero-order valence-corrected chi connectivity index (χ0v) is 17.9. The van der Waals surface area contributed by atoms with Crippen LogP contribution in [0, 0.1) is 0 Å². The summed E-state index contributed by atoms with van der Waals surface area (Å²) in [6, 6.07) is 9.94. The second-order valence-corrected chi connectivity index (χ2v) is 7.97. The number of fused-ring (bicyclic) bond motifs is 2. The molecule has 7 nitrogen and oxygen atoms in total. The fourth-order valence-electron chi connectivity index (χ4n) is 3.99. The van der Waals surface area contributed by atoms with E-state index in [1.165, 1.54) is 19.2 Å². The second kappa shape index (κ2) is 8.61. The van der Waals surface area contributed by atoms with Crippen LogP contribution in [-0.4, -0.2) is 36.3 Å². The number of rotatable bonds is 7. The molecule has 3 heterocycles. The summed E-state index contributed by atoms with van der Waals surface area (Å²) in [6.07, 6.45) is 6.54. The number of methoxy groups -OCH3 is 1. The van der Waals surface area contributed by atoms with E-state index in [2.05, 4.69) is 20.6 Å². The standard InChI is InChI=1S/C23H23ClN4O3/c1-29-19-11-16-18(12-20(19)30-10-7-15-3-2-8-25-15)26-13-27-23(16)28-21-17(24)5-4-14-6-9-31-22(14)21/h4-6,9,11-13,15,25H,2-3,7-8,10H2,1H3,(H,26,27,28). The van der Waals surface area contributed by atoms with E-state index >= 15 is 0 Å². The summed E-state index contributed by atoms with van der Waals surface area (Å²) < 4.78 is 17.3. The number of anilines is 2. The van der Waals surface area contributed by atoms with Crippen LogP contribution in [0.1, 0.15) is 19.3 Å². The van der Waals surface area contributed by atoms with Crippen molar-refractivity contribution < 1.29 is 13.9 Å². The average Bonchev–Trinajstić information content (AvgIpc) is 3.47. The van der Waals surface area contributed by atoms with Gasteiger partial charge < -0.3 is 24.5 Å². The lowest BCUT2D eigenvalue weighted by molar-refractivity contribution is 0.276. The van der Waals surface area contributed by atoms with Crippen molar-refractivity contribution in [2.24, 2.45) is 0 Å². The fourth-order valence-corrected chi connectivity index (χ4v) is 4.19. The van der Waals surface area contributed by atoms with Crippen LogP contribution < -0.4 is 20.1 Å². The Morgan fingerprint density at radius 2 is 2.16 bits per heavy atom. The van der Waals surface area contributed by atoms with Crippen molar-refractivity contribution in [3.8, 4) is 11.5 Å². The van der Waals surface area contributed by atoms with Gasteiger partial charge in [-0.05, 0) is 50.1 Å². The summed E-state index contributed by atoms with van der Waals surface area (Å²) in [5, 5.41) is 9.09. The lowest BCUT2D eigenvalue weighted by atomic mass is 10.1. The third-order valence-electron chi connectivity index (χ3n) is 5.62. The van der Waals surface area contributed by atoms with Gasteiger partial charge in [0.2, 0.25) is 0 Å². The number of hydrogen-bond acceptors (Lipinski definition) is 7. The van der Waals surface area contributed by atoms with Crippen LogP contribution in [0.5, 0.6) is 11.5 Å². The molecule has 1 aliphatic heterocycles. The maximum atomic E-state index is 6.44. The molecule has 0 saturated carbocycles. The minimum Gasteiger partial charge on any atom is -0.493 e. The molecule has 31 heavy (non-hydrogen) atoms. The van der Waals surface area contributed by atoms with Gasteiger partial charge in [-0.25, -0.2) is 9.97 Å². The largest absolute Gasteiger partial charge is 0.493 e. The smallest absolute Gasteiger partial charge is 0.163 e. The summed E-state index contributed by atoms with van der Waals surface area (Å²) in [7, 11) is 1.63. The van der Waals surface area contributed by atoms with Gasteiger partial charge >= 0.3 is 0 Å². The Hall–Kier alpha value is -3.03. The Morgan fingerprint density at radius 1 is 1.23 bits per heavy atom. The summed E-state index contributed by atoms with van der Waals surface area (Å²) >= 11 is 6.44. The molecular formula is C23H23ClN4O3. The van der Waals surface area contributed by atoms with Gasteiger partial charge in [0, 0.05) is 22.9 Å². The van der Waals surface area contributed by atoms with Gasteiger partial charge in [-0.3, -0.25) is 0 Å². The van der Waals surface area contributed by atoms with E-state index in [-0.39, 0.29) is 0 Å². The highest BCUT2D eigenvalue weighted by Crippen LogP contribution is 2.38. The van der Waals surface area contributed by atoms with Crippen LogP contribution in [0.4, 0.5) is 11.5 Å². The molecule has 160 valence electrons. The third-order valence-corrected chi connectivity index (χ3v) is 5.94. The van der Waals surface area contributed by atoms with Gasteiger partial charge in [0.25, 0.3) is 0 Å². The van der Waals surface area contributed by atoms with E-state index < -0.39 is 0 Å². The predicted molar refractivity (Wildman–Crippen MR) is 122 cm³/mol. The molecule has 8 heteroatoms. The first kappa shape index (κ1) is 19.9. The number of furan rings is 1. The quantitative estimate of drug-likeness (QED) is 0.405. The molecule has 5 rings (SSSR count). The molecule has 0 radical (unpaired) electrons. The summed E-state index contributed by atoms with van der Waals surface area (Å²) in [5.41, 5.74) is 2.08. The van der Waals surface area contributed by atoms with Crippen molar-refractivity contribution in [3.05, 3.63) is 47.9 Å². The van der Waals surface area contributed by atoms with Gasteiger partial charge in [0.15, 0.2) is 17.1 Å². The Morgan fingerprint density at radius 3 is 3.00 bits per heavy atom. The Labute approximate surface area is 184 Å². The number of benzene rings is 2. The van der Waals surface area contributed by atoms with E-state index in [4.69, 9.17) is 25.5 Å². The zero-order chi connectivity index (χ0) is 21.2. The van der Waals surface area contributed by atoms with Gasteiger partial charge in [-0.1, -0.05) is 11.6 Å². The average molecular weight is 439 g/mol. The first-order valence-corrected chi connectivity index (χ1v) is 10.7. The van der Waals surface area contributed by atoms with Gasteiger partial charge in [-0.2, -0.15) is 0 Å². The SMILES string of the molecule is COc1cc2c(Nc3c(Cl)ccc4ccoc34)ncnc2cc1OCCC1CCCN1. The lowest BCUT2D eigenvalue weighted by Crippen LogP contribution is -2.23. The maximum Gasteiger partial charge on any atom is 0.163 e. The zero-order valence-electron chi connectivity index (χ0n) is 17.2. The van der Waals surface area contributed by atoms with Crippen molar-refractivity contribution in [3.63, 3.8) is 0 Å². The molecule has 1 unspecified atom stereocenters. The van der Waals surface area contributed by atoms with E-state index in [0.717, 1.165) is 29.3 Å². The molecule has 1 atom stereocenters. The number of halogens is 1. The predicted octanol–water partition coefficient (Wildman–Crippen LogP) is 5.30. The minimum atomic E-state index is 0.527. The van der Waals surface area contributed by atoms with Crippen LogP contribution >= 0.6 is 11.6 Å².